The summed E-state index contributed by atoms with van der Waals surface area (Å²) in [6.45, 7) is 2.52. The highest BCUT2D eigenvalue weighted by Gasteiger charge is 1.94. The topological polar surface area (TPSA) is 84.6 Å². The number of nitrogens with zero attached hydrogens (tertiary/aromatic N) is 1. The van der Waals surface area contributed by atoms with Crippen molar-refractivity contribution in [1.29, 1.82) is 0 Å². The molecule has 0 aliphatic heterocycles. The number of guanidine groups is 1. The maximum Gasteiger partial charge on any atom is 0.245 e. The molecule has 0 radical (unpaired) electrons. The van der Waals surface area contributed by atoms with Crippen LogP contribution in [0.4, 0.5) is 0 Å². The molecule has 0 heterocycles. The number of carbonyl (C=O) groups is 2. The third kappa shape index (κ3) is 4.76. The second-order valence-electron chi connectivity index (χ2n) is 1.70. The van der Waals surface area contributed by atoms with Gasteiger partial charge < -0.3 is 5.73 Å². The Bertz CT molecular complexity index is 185. The highest BCUT2D eigenvalue weighted by atomic mass is 16.2. The van der Waals surface area contributed by atoms with Crippen molar-refractivity contribution in [2.75, 3.05) is 0 Å². The lowest BCUT2D eigenvalue weighted by Gasteiger charge is -1.96. The van der Waals surface area contributed by atoms with Crippen LogP contribution < -0.4 is 11.1 Å². The zero-order valence-electron chi connectivity index (χ0n) is 5.84. The first kappa shape index (κ1) is 8.61. The van der Waals surface area contributed by atoms with Gasteiger partial charge in [-0.3, -0.25) is 14.9 Å². The van der Waals surface area contributed by atoms with Gasteiger partial charge in [0.05, 0.1) is 0 Å². The zero-order chi connectivity index (χ0) is 8.15. The quantitative estimate of drug-likeness (QED) is 0.336. The summed E-state index contributed by atoms with van der Waals surface area (Å²) in [7, 11) is 0. The molecule has 0 aromatic carbocycles. The Labute approximate surface area is 58.3 Å². The van der Waals surface area contributed by atoms with Gasteiger partial charge in [0.2, 0.25) is 17.8 Å². The van der Waals surface area contributed by atoms with Crippen molar-refractivity contribution in [2.45, 2.75) is 13.8 Å². The fourth-order valence-corrected chi connectivity index (χ4v) is 0.378. The number of hydrogen-bond donors (Lipinski definition) is 2. The minimum absolute atomic E-state index is 0.167. The van der Waals surface area contributed by atoms with Gasteiger partial charge in [0, 0.05) is 13.8 Å². The number of hydrogen-bond acceptors (Lipinski definition) is 2. The molecule has 0 fully saturated rings. The van der Waals surface area contributed by atoms with Gasteiger partial charge in [-0.25, -0.2) is 0 Å². The van der Waals surface area contributed by atoms with Crippen LogP contribution in [0.15, 0.2) is 4.99 Å². The molecular formula is C5H9N3O2. The molecule has 0 saturated carbocycles. The summed E-state index contributed by atoms with van der Waals surface area (Å²) < 4.78 is 0. The van der Waals surface area contributed by atoms with Crippen LogP contribution in [0.25, 0.3) is 0 Å². The van der Waals surface area contributed by atoms with Crippen LogP contribution in [0.2, 0.25) is 0 Å². The Morgan fingerprint density at radius 1 is 1.40 bits per heavy atom. The largest absolute Gasteiger partial charge is 0.369 e. The van der Waals surface area contributed by atoms with Crippen molar-refractivity contribution < 1.29 is 9.59 Å². The maximum absolute atomic E-state index is 10.3. The van der Waals surface area contributed by atoms with Gasteiger partial charge in [-0.2, -0.15) is 4.99 Å². The Balaban J connectivity index is 3.95. The fraction of sp³-hybridized carbons (Fsp3) is 0.400. The van der Waals surface area contributed by atoms with E-state index in [4.69, 9.17) is 5.73 Å². The second kappa shape index (κ2) is 3.60. The van der Waals surface area contributed by atoms with E-state index in [1.165, 1.54) is 13.8 Å². The van der Waals surface area contributed by atoms with Gasteiger partial charge in [0.15, 0.2) is 0 Å². The summed E-state index contributed by atoms with van der Waals surface area (Å²) in [5, 5.41) is 2.14. The highest BCUT2D eigenvalue weighted by Crippen LogP contribution is 1.69. The number of carbonyl (C=O) groups excluding carboxylic acids is 2. The van der Waals surface area contributed by atoms with Crippen molar-refractivity contribution in [3.05, 3.63) is 0 Å². The monoisotopic (exact) mass is 143 g/mol. The molecule has 5 nitrogen and oxygen atoms in total. The minimum atomic E-state index is -0.439. The van der Waals surface area contributed by atoms with E-state index in [1.807, 2.05) is 0 Å². The van der Waals surface area contributed by atoms with Gasteiger partial charge >= 0.3 is 0 Å². The van der Waals surface area contributed by atoms with Crippen molar-refractivity contribution in [3.63, 3.8) is 0 Å². The average molecular weight is 143 g/mol. The fourth-order valence-electron chi connectivity index (χ4n) is 0.378. The van der Waals surface area contributed by atoms with E-state index in [-0.39, 0.29) is 11.9 Å². The van der Waals surface area contributed by atoms with Crippen molar-refractivity contribution in [2.24, 2.45) is 10.7 Å². The van der Waals surface area contributed by atoms with Crippen LogP contribution in [0, 0.1) is 0 Å². The Morgan fingerprint density at radius 2 is 1.90 bits per heavy atom. The Kier molecular flexibility index (Phi) is 3.10. The summed E-state index contributed by atoms with van der Waals surface area (Å²) >= 11 is 0. The first-order valence-electron chi connectivity index (χ1n) is 2.64. The van der Waals surface area contributed by atoms with Crippen LogP contribution >= 0.6 is 0 Å². The van der Waals surface area contributed by atoms with Crippen LogP contribution in [-0.4, -0.2) is 17.8 Å². The van der Waals surface area contributed by atoms with E-state index in [2.05, 4.69) is 10.3 Å². The summed E-state index contributed by atoms with van der Waals surface area (Å²) in [5.74, 6) is -0.950. The number of aliphatic imine (C=N–C) groups is 1. The molecule has 0 spiro atoms. The minimum Gasteiger partial charge on any atom is -0.369 e. The SMILES string of the molecule is CC(=O)N=C(N)NC(C)=O. The molecule has 0 bridgehead atoms. The smallest absolute Gasteiger partial charge is 0.245 e. The van der Waals surface area contributed by atoms with Gasteiger partial charge in [-0.05, 0) is 0 Å². The zero-order valence-corrected chi connectivity index (χ0v) is 5.84. The van der Waals surface area contributed by atoms with Crippen LogP contribution in [0.5, 0.6) is 0 Å². The highest BCUT2D eigenvalue weighted by molar-refractivity contribution is 5.99. The molecule has 10 heavy (non-hydrogen) atoms. The summed E-state index contributed by atoms with van der Waals surface area (Å²) in [6, 6.07) is 0. The van der Waals surface area contributed by atoms with E-state index in [9.17, 15) is 9.59 Å². The summed E-state index contributed by atoms with van der Waals surface area (Å²) in [4.78, 5) is 23.7. The first-order chi connectivity index (χ1) is 4.52. The molecule has 0 unspecified atom stereocenters. The Morgan fingerprint density at radius 3 is 2.20 bits per heavy atom. The van der Waals surface area contributed by atoms with Crippen LogP contribution in [0.3, 0.4) is 0 Å². The molecule has 0 rings (SSSR count). The summed E-state index contributed by atoms with van der Waals surface area (Å²) in [6.07, 6.45) is 0. The molecule has 0 aromatic heterocycles. The van der Waals surface area contributed by atoms with Crippen molar-refractivity contribution >= 4 is 17.8 Å². The molecular weight excluding hydrogens is 134 g/mol. The number of nitrogens with one attached hydrogen (secondary N) is 1. The second-order valence-corrected chi connectivity index (χ2v) is 1.70. The van der Waals surface area contributed by atoms with Crippen molar-refractivity contribution in [1.82, 2.24) is 5.32 Å². The molecule has 0 atom stereocenters. The lowest BCUT2D eigenvalue weighted by molar-refractivity contribution is -0.117. The molecule has 5 heteroatoms. The lowest BCUT2D eigenvalue weighted by atomic mass is 10.7. The van der Waals surface area contributed by atoms with E-state index in [1.54, 1.807) is 0 Å². The van der Waals surface area contributed by atoms with Crippen molar-refractivity contribution in [3.8, 4) is 0 Å². The molecule has 3 N–H and O–H groups in total. The maximum atomic E-state index is 10.3. The number of rotatable bonds is 0. The first-order valence-corrected chi connectivity index (χ1v) is 2.64. The van der Waals surface area contributed by atoms with Gasteiger partial charge in [0.25, 0.3) is 0 Å². The molecule has 56 valence electrons. The molecule has 0 aliphatic rings. The summed E-state index contributed by atoms with van der Waals surface area (Å²) in [5.41, 5.74) is 5.07. The third-order valence-corrected chi connectivity index (χ3v) is 0.582. The van der Waals surface area contributed by atoms with E-state index < -0.39 is 5.91 Å². The lowest BCUT2D eigenvalue weighted by Crippen LogP contribution is -2.35. The number of nitrogens with two attached hydrogens (primary N) is 1. The Hall–Kier alpha value is -1.39. The predicted molar refractivity (Wildman–Crippen MR) is 36.1 cm³/mol. The third-order valence-electron chi connectivity index (χ3n) is 0.582. The average Bonchev–Trinajstić information content (AvgIpc) is 1.58. The van der Waals surface area contributed by atoms with E-state index in [0.29, 0.717) is 0 Å². The van der Waals surface area contributed by atoms with Crippen LogP contribution in [-0.2, 0) is 9.59 Å². The van der Waals surface area contributed by atoms with E-state index in [0.717, 1.165) is 0 Å². The molecule has 2 amide bonds. The molecule has 0 aliphatic carbocycles. The molecule has 0 saturated heterocycles. The van der Waals surface area contributed by atoms with Gasteiger partial charge in [-0.1, -0.05) is 0 Å². The van der Waals surface area contributed by atoms with E-state index >= 15 is 0 Å². The van der Waals surface area contributed by atoms with Crippen LogP contribution in [0.1, 0.15) is 13.8 Å². The van der Waals surface area contributed by atoms with Gasteiger partial charge in [0.1, 0.15) is 0 Å². The van der Waals surface area contributed by atoms with Gasteiger partial charge in [-0.15, -0.1) is 0 Å². The number of amides is 2. The molecule has 0 aromatic rings. The predicted octanol–water partition coefficient (Wildman–Crippen LogP) is -1.02. The standard InChI is InChI=1S/C5H9N3O2/c1-3(9)7-5(6)8-4(2)10/h1-2H3,(H3,6,7,8,9,10). The normalized spacial score (nSPS) is 10.8.